The van der Waals surface area contributed by atoms with Crippen LogP contribution >= 0.6 is 27.7 Å². The molecular formula is C16H12BrNOS. The number of pyridine rings is 1. The second-order valence-corrected chi connectivity index (χ2v) is 6.35. The number of halogens is 1. The quantitative estimate of drug-likeness (QED) is 0.704. The number of benzene rings is 2. The minimum atomic E-state index is 0.0263. The zero-order valence-electron chi connectivity index (χ0n) is 10.6. The van der Waals surface area contributed by atoms with Crippen molar-refractivity contribution in [2.75, 3.05) is 0 Å². The summed E-state index contributed by atoms with van der Waals surface area (Å²) in [5.41, 5.74) is 2.19. The molecule has 0 unspecified atom stereocenters. The lowest BCUT2D eigenvalue weighted by atomic mass is 10.2. The second-order valence-electron chi connectivity index (χ2n) is 4.45. The second kappa shape index (κ2) is 5.85. The third kappa shape index (κ3) is 2.81. The SMILES string of the molecule is O=c1c(Br)c[nH]c2cc(SCc3ccccc3)ccc12. The molecule has 20 heavy (non-hydrogen) atoms. The zero-order valence-corrected chi connectivity index (χ0v) is 13.0. The van der Waals surface area contributed by atoms with E-state index < -0.39 is 0 Å². The van der Waals surface area contributed by atoms with Gasteiger partial charge in [-0.05, 0) is 39.7 Å². The minimum Gasteiger partial charge on any atom is -0.360 e. The maximum Gasteiger partial charge on any atom is 0.203 e. The molecule has 1 aromatic heterocycles. The molecule has 0 saturated heterocycles. The highest BCUT2D eigenvalue weighted by molar-refractivity contribution is 9.10. The van der Waals surface area contributed by atoms with E-state index in [-0.39, 0.29) is 5.43 Å². The van der Waals surface area contributed by atoms with Crippen molar-refractivity contribution < 1.29 is 0 Å². The minimum absolute atomic E-state index is 0.0263. The predicted molar refractivity (Wildman–Crippen MR) is 88.3 cm³/mol. The van der Waals surface area contributed by atoms with Gasteiger partial charge in [-0.1, -0.05) is 30.3 Å². The van der Waals surface area contributed by atoms with Gasteiger partial charge in [0.2, 0.25) is 5.43 Å². The number of fused-ring (bicyclic) bond motifs is 1. The fourth-order valence-electron chi connectivity index (χ4n) is 2.01. The Morgan fingerprint density at radius 3 is 2.70 bits per heavy atom. The molecule has 1 N–H and O–H groups in total. The summed E-state index contributed by atoms with van der Waals surface area (Å²) in [7, 11) is 0. The van der Waals surface area contributed by atoms with Crippen molar-refractivity contribution in [2.45, 2.75) is 10.6 Å². The van der Waals surface area contributed by atoms with Crippen LogP contribution in [0, 0.1) is 0 Å². The number of hydrogen-bond acceptors (Lipinski definition) is 2. The van der Waals surface area contributed by atoms with Gasteiger partial charge in [-0.2, -0.15) is 0 Å². The molecule has 0 aliphatic rings. The van der Waals surface area contributed by atoms with Gasteiger partial charge < -0.3 is 4.98 Å². The lowest BCUT2D eigenvalue weighted by Crippen LogP contribution is -2.03. The molecule has 2 nitrogen and oxygen atoms in total. The van der Waals surface area contributed by atoms with Crippen LogP contribution in [0.1, 0.15) is 5.56 Å². The maximum absolute atomic E-state index is 11.9. The number of H-pyrrole nitrogens is 1. The summed E-state index contributed by atoms with van der Waals surface area (Å²) in [4.78, 5) is 16.2. The van der Waals surface area contributed by atoms with Crippen molar-refractivity contribution >= 4 is 38.6 Å². The van der Waals surface area contributed by atoms with E-state index in [9.17, 15) is 4.79 Å². The Bertz CT molecular complexity index is 798. The summed E-state index contributed by atoms with van der Waals surface area (Å²) in [6, 6.07) is 16.3. The highest BCUT2D eigenvalue weighted by Crippen LogP contribution is 2.25. The van der Waals surface area contributed by atoms with E-state index in [0.29, 0.717) is 9.86 Å². The number of aromatic amines is 1. The van der Waals surface area contributed by atoms with Crippen LogP contribution in [0.15, 0.2) is 68.9 Å². The van der Waals surface area contributed by atoms with Gasteiger partial charge in [0.25, 0.3) is 0 Å². The summed E-state index contributed by atoms with van der Waals surface area (Å²) < 4.78 is 0.565. The van der Waals surface area contributed by atoms with E-state index in [1.807, 2.05) is 36.4 Å². The smallest absolute Gasteiger partial charge is 0.203 e. The van der Waals surface area contributed by atoms with Crippen molar-refractivity contribution in [2.24, 2.45) is 0 Å². The van der Waals surface area contributed by atoms with E-state index in [2.05, 4.69) is 33.0 Å². The average Bonchev–Trinajstić information content (AvgIpc) is 2.50. The lowest BCUT2D eigenvalue weighted by Gasteiger charge is -2.04. The van der Waals surface area contributed by atoms with E-state index in [1.165, 1.54) is 5.56 Å². The van der Waals surface area contributed by atoms with Gasteiger partial charge in [-0.3, -0.25) is 4.79 Å². The Labute approximate surface area is 129 Å². The third-order valence-corrected chi connectivity index (χ3v) is 4.71. The van der Waals surface area contributed by atoms with E-state index in [1.54, 1.807) is 18.0 Å². The standard InChI is InChI=1S/C16H12BrNOS/c17-14-9-18-15-8-12(6-7-13(15)16(14)19)20-10-11-4-2-1-3-5-11/h1-9H,10H2,(H,18,19). The van der Waals surface area contributed by atoms with Gasteiger partial charge in [0.1, 0.15) is 0 Å². The van der Waals surface area contributed by atoms with E-state index >= 15 is 0 Å². The summed E-state index contributed by atoms with van der Waals surface area (Å²) in [5, 5.41) is 0.712. The summed E-state index contributed by atoms with van der Waals surface area (Å²) in [6.45, 7) is 0. The van der Waals surface area contributed by atoms with Gasteiger partial charge in [0.05, 0.1) is 9.99 Å². The van der Waals surface area contributed by atoms with Gasteiger partial charge in [0.15, 0.2) is 0 Å². The molecule has 0 radical (unpaired) electrons. The first kappa shape index (κ1) is 13.5. The van der Waals surface area contributed by atoms with Crippen molar-refractivity contribution in [1.29, 1.82) is 0 Å². The molecule has 100 valence electrons. The molecule has 3 rings (SSSR count). The van der Waals surface area contributed by atoms with Crippen LogP contribution in [0.5, 0.6) is 0 Å². The Kier molecular flexibility index (Phi) is 3.94. The van der Waals surface area contributed by atoms with Crippen LogP contribution in [0.3, 0.4) is 0 Å². The number of hydrogen-bond donors (Lipinski definition) is 1. The van der Waals surface area contributed by atoms with E-state index in [4.69, 9.17) is 0 Å². The molecule has 1 heterocycles. The molecule has 2 aromatic carbocycles. The van der Waals surface area contributed by atoms with Crippen molar-refractivity contribution in [1.82, 2.24) is 4.98 Å². The van der Waals surface area contributed by atoms with Gasteiger partial charge in [-0.15, -0.1) is 11.8 Å². The fraction of sp³-hybridized carbons (Fsp3) is 0.0625. The fourth-order valence-corrected chi connectivity index (χ4v) is 3.23. The maximum atomic E-state index is 11.9. The topological polar surface area (TPSA) is 32.9 Å². The number of rotatable bonds is 3. The van der Waals surface area contributed by atoms with Crippen LogP contribution in [-0.4, -0.2) is 4.98 Å². The molecule has 0 spiro atoms. The first-order valence-electron chi connectivity index (χ1n) is 6.22. The monoisotopic (exact) mass is 345 g/mol. The third-order valence-electron chi connectivity index (χ3n) is 3.06. The predicted octanol–water partition coefficient (Wildman–Crippen LogP) is 4.58. The highest BCUT2D eigenvalue weighted by Gasteiger charge is 2.04. The van der Waals surface area contributed by atoms with Crippen LogP contribution in [0.4, 0.5) is 0 Å². The van der Waals surface area contributed by atoms with E-state index in [0.717, 1.165) is 16.2 Å². The summed E-state index contributed by atoms with van der Waals surface area (Å²) >= 11 is 5.01. The number of aromatic nitrogens is 1. The van der Waals surface area contributed by atoms with Crippen LogP contribution < -0.4 is 5.43 Å². The first-order chi connectivity index (χ1) is 9.74. The molecule has 4 heteroatoms. The Hall–Kier alpha value is -1.52. The molecule has 0 fully saturated rings. The largest absolute Gasteiger partial charge is 0.360 e. The lowest BCUT2D eigenvalue weighted by molar-refractivity contribution is 1.33. The molecule has 0 amide bonds. The number of thioether (sulfide) groups is 1. The van der Waals surface area contributed by atoms with Crippen molar-refractivity contribution in [3.8, 4) is 0 Å². The van der Waals surface area contributed by atoms with Crippen LogP contribution in [0.25, 0.3) is 10.9 Å². The highest BCUT2D eigenvalue weighted by atomic mass is 79.9. The molecule has 0 saturated carbocycles. The summed E-state index contributed by atoms with van der Waals surface area (Å²) in [6.07, 6.45) is 1.69. The van der Waals surface area contributed by atoms with Crippen LogP contribution in [0.2, 0.25) is 0 Å². The van der Waals surface area contributed by atoms with Gasteiger partial charge in [0, 0.05) is 22.2 Å². The molecule has 3 aromatic rings. The molecule has 0 aliphatic heterocycles. The summed E-state index contributed by atoms with van der Waals surface area (Å²) in [5.74, 6) is 0.924. The first-order valence-corrected chi connectivity index (χ1v) is 7.99. The van der Waals surface area contributed by atoms with Crippen molar-refractivity contribution in [3.63, 3.8) is 0 Å². The van der Waals surface area contributed by atoms with Gasteiger partial charge in [-0.25, -0.2) is 0 Å². The Morgan fingerprint density at radius 2 is 1.90 bits per heavy atom. The molecular weight excluding hydrogens is 334 g/mol. The Balaban J connectivity index is 1.87. The van der Waals surface area contributed by atoms with Gasteiger partial charge >= 0.3 is 0 Å². The molecule has 0 bridgehead atoms. The Morgan fingerprint density at radius 1 is 1.10 bits per heavy atom. The van der Waals surface area contributed by atoms with Crippen molar-refractivity contribution in [3.05, 3.63) is 75.0 Å². The molecule has 0 atom stereocenters. The van der Waals surface area contributed by atoms with Crippen LogP contribution in [-0.2, 0) is 5.75 Å². The average molecular weight is 346 g/mol. The normalized spacial score (nSPS) is 10.8. The number of nitrogens with one attached hydrogen (secondary N) is 1. The zero-order chi connectivity index (χ0) is 13.9. The molecule has 0 aliphatic carbocycles.